The smallest absolute Gasteiger partial charge is 0.410 e. The molecule has 1 aromatic carbocycles. The third-order valence-electron chi connectivity index (χ3n) is 5.95. The molecule has 1 saturated carbocycles. The lowest BCUT2D eigenvalue weighted by Gasteiger charge is -2.30. The van der Waals surface area contributed by atoms with Crippen LogP contribution >= 0.6 is 0 Å². The van der Waals surface area contributed by atoms with Gasteiger partial charge in [-0.25, -0.2) is 4.79 Å². The first-order chi connectivity index (χ1) is 12.7. The van der Waals surface area contributed by atoms with E-state index < -0.39 is 0 Å². The quantitative estimate of drug-likeness (QED) is 0.792. The Hall–Kier alpha value is -1.75. The highest BCUT2D eigenvalue weighted by Crippen LogP contribution is 2.33. The van der Waals surface area contributed by atoms with Crippen molar-refractivity contribution in [3.8, 4) is 5.75 Å². The predicted octanol–water partition coefficient (Wildman–Crippen LogP) is 4.15. The maximum absolute atomic E-state index is 12.2. The van der Waals surface area contributed by atoms with Crippen molar-refractivity contribution in [1.29, 1.82) is 0 Å². The van der Waals surface area contributed by atoms with Crippen molar-refractivity contribution < 1.29 is 19.0 Å². The Kier molecular flexibility index (Phi) is 5.34. The molecule has 5 nitrogen and oxygen atoms in total. The average Bonchev–Trinajstić information content (AvgIpc) is 2.97. The summed E-state index contributed by atoms with van der Waals surface area (Å²) in [5.74, 6) is 1.63. The highest BCUT2D eigenvalue weighted by molar-refractivity contribution is 5.70. The molecule has 2 aliphatic heterocycles. The van der Waals surface area contributed by atoms with E-state index in [0.29, 0.717) is 32.2 Å². The molecule has 1 amide bonds. The number of ether oxygens (including phenoxy) is 3. The fourth-order valence-electron chi connectivity index (χ4n) is 4.30. The molecule has 5 heteroatoms. The third kappa shape index (κ3) is 4.14. The van der Waals surface area contributed by atoms with Crippen LogP contribution in [0.15, 0.2) is 24.3 Å². The zero-order valence-corrected chi connectivity index (χ0v) is 15.5. The lowest BCUT2D eigenvalue weighted by atomic mass is 9.90. The second kappa shape index (κ2) is 7.87. The van der Waals surface area contributed by atoms with Crippen LogP contribution in [0.4, 0.5) is 4.79 Å². The van der Waals surface area contributed by atoms with Gasteiger partial charge in [0.2, 0.25) is 0 Å². The Morgan fingerprint density at radius 2 is 1.81 bits per heavy atom. The van der Waals surface area contributed by atoms with Crippen LogP contribution < -0.4 is 4.74 Å². The summed E-state index contributed by atoms with van der Waals surface area (Å²) in [6.07, 6.45) is 8.03. The zero-order valence-electron chi connectivity index (χ0n) is 15.5. The van der Waals surface area contributed by atoms with Gasteiger partial charge in [0.05, 0.1) is 26.4 Å². The standard InChI is InChI=1S/C21H29NO4/c23-20-22(16-21(26-20)10-12-24-13-11-21)14-17-6-8-19(9-7-17)25-15-18-4-2-1-3-5-18/h6-9,18H,1-5,10-16H2. The predicted molar refractivity (Wildman–Crippen MR) is 98.2 cm³/mol. The normalized spacial score (nSPS) is 23.2. The van der Waals surface area contributed by atoms with E-state index in [1.807, 2.05) is 17.0 Å². The molecule has 2 heterocycles. The third-order valence-corrected chi connectivity index (χ3v) is 5.95. The molecule has 0 N–H and O–H groups in total. The first-order valence-corrected chi connectivity index (χ1v) is 10.00. The molecule has 0 bridgehead atoms. The van der Waals surface area contributed by atoms with E-state index >= 15 is 0 Å². The molecule has 2 saturated heterocycles. The van der Waals surface area contributed by atoms with E-state index in [1.54, 1.807) is 0 Å². The summed E-state index contributed by atoms with van der Waals surface area (Å²) in [4.78, 5) is 14.0. The molecular weight excluding hydrogens is 330 g/mol. The number of carbonyl (C=O) groups excluding carboxylic acids is 1. The molecule has 1 spiro atoms. The van der Waals surface area contributed by atoms with Gasteiger partial charge in [0.1, 0.15) is 11.4 Å². The van der Waals surface area contributed by atoms with Gasteiger partial charge < -0.3 is 14.2 Å². The summed E-state index contributed by atoms with van der Waals surface area (Å²) in [6.45, 7) is 3.42. The van der Waals surface area contributed by atoms with Crippen LogP contribution in [0.2, 0.25) is 0 Å². The topological polar surface area (TPSA) is 48.0 Å². The van der Waals surface area contributed by atoms with E-state index in [0.717, 1.165) is 30.8 Å². The molecule has 0 aromatic heterocycles. The van der Waals surface area contributed by atoms with Gasteiger partial charge >= 0.3 is 6.09 Å². The first kappa shape index (κ1) is 17.7. The van der Waals surface area contributed by atoms with Crippen LogP contribution in [-0.4, -0.2) is 43.0 Å². The molecule has 0 unspecified atom stereocenters. The van der Waals surface area contributed by atoms with Crippen molar-refractivity contribution in [3.05, 3.63) is 29.8 Å². The number of nitrogens with zero attached hydrogens (tertiary/aromatic N) is 1. The van der Waals surface area contributed by atoms with Crippen molar-refractivity contribution in [2.24, 2.45) is 5.92 Å². The molecule has 1 aromatic rings. The Labute approximate surface area is 155 Å². The summed E-state index contributed by atoms with van der Waals surface area (Å²) in [5, 5.41) is 0. The minimum Gasteiger partial charge on any atom is -0.493 e. The lowest BCUT2D eigenvalue weighted by Crippen LogP contribution is -2.40. The summed E-state index contributed by atoms with van der Waals surface area (Å²) in [7, 11) is 0. The van der Waals surface area contributed by atoms with Crippen LogP contribution in [0, 0.1) is 5.92 Å². The summed E-state index contributed by atoms with van der Waals surface area (Å²) in [6, 6.07) is 8.14. The van der Waals surface area contributed by atoms with E-state index in [2.05, 4.69) is 12.1 Å². The van der Waals surface area contributed by atoms with Gasteiger partial charge in [-0.15, -0.1) is 0 Å². The van der Waals surface area contributed by atoms with E-state index in [9.17, 15) is 4.79 Å². The van der Waals surface area contributed by atoms with E-state index in [4.69, 9.17) is 14.2 Å². The SMILES string of the molecule is O=C1OC2(CCOCC2)CN1Cc1ccc(OCC2CCCCC2)cc1. The van der Waals surface area contributed by atoms with Gasteiger partial charge in [-0.3, -0.25) is 4.90 Å². The van der Waals surface area contributed by atoms with Crippen LogP contribution in [0.3, 0.4) is 0 Å². The molecular formula is C21H29NO4. The van der Waals surface area contributed by atoms with Crippen LogP contribution in [0.5, 0.6) is 5.75 Å². The van der Waals surface area contributed by atoms with Gasteiger partial charge in [0, 0.05) is 19.4 Å². The van der Waals surface area contributed by atoms with Crippen molar-refractivity contribution >= 4 is 6.09 Å². The average molecular weight is 359 g/mol. The Balaban J connectivity index is 1.29. The lowest BCUT2D eigenvalue weighted by molar-refractivity contribution is -0.0437. The second-order valence-electron chi connectivity index (χ2n) is 7.98. The minimum atomic E-state index is -0.335. The fourth-order valence-corrected chi connectivity index (χ4v) is 4.30. The summed E-state index contributed by atoms with van der Waals surface area (Å²) >= 11 is 0. The number of hydrogen-bond acceptors (Lipinski definition) is 4. The molecule has 142 valence electrons. The van der Waals surface area contributed by atoms with Crippen molar-refractivity contribution in [2.45, 2.75) is 57.1 Å². The van der Waals surface area contributed by atoms with Gasteiger partial charge in [-0.1, -0.05) is 31.4 Å². The monoisotopic (exact) mass is 359 g/mol. The molecule has 1 aliphatic carbocycles. The highest BCUT2D eigenvalue weighted by atomic mass is 16.6. The summed E-state index contributed by atoms with van der Waals surface area (Å²) < 4.78 is 17.0. The Morgan fingerprint density at radius 3 is 2.54 bits per heavy atom. The van der Waals surface area contributed by atoms with Gasteiger partial charge in [0.25, 0.3) is 0 Å². The highest BCUT2D eigenvalue weighted by Gasteiger charge is 2.45. The molecule has 0 atom stereocenters. The number of carbonyl (C=O) groups is 1. The number of rotatable bonds is 5. The van der Waals surface area contributed by atoms with Crippen molar-refractivity contribution in [1.82, 2.24) is 4.90 Å². The first-order valence-electron chi connectivity index (χ1n) is 10.00. The summed E-state index contributed by atoms with van der Waals surface area (Å²) in [5.41, 5.74) is 0.773. The van der Waals surface area contributed by atoms with Crippen LogP contribution in [-0.2, 0) is 16.0 Å². The maximum atomic E-state index is 12.2. The second-order valence-corrected chi connectivity index (χ2v) is 7.98. The number of hydrogen-bond donors (Lipinski definition) is 0. The minimum absolute atomic E-state index is 0.204. The van der Waals surface area contributed by atoms with Crippen LogP contribution in [0.1, 0.15) is 50.5 Å². The Morgan fingerprint density at radius 1 is 1.08 bits per heavy atom. The zero-order chi connectivity index (χ0) is 17.8. The fraction of sp³-hybridized carbons (Fsp3) is 0.667. The van der Waals surface area contributed by atoms with Crippen molar-refractivity contribution in [2.75, 3.05) is 26.4 Å². The molecule has 3 aliphatic rings. The van der Waals surface area contributed by atoms with Crippen molar-refractivity contribution in [3.63, 3.8) is 0 Å². The molecule has 4 rings (SSSR count). The van der Waals surface area contributed by atoms with Gasteiger partial charge in [-0.05, 0) is 36.5 Å². The van der Waals surface area contributed by atoms with E-state index in [1.165, 1.54) is 32.1 Å². The van der Waals surface area contributed by atoms with E-state index in [-0.39, 0.29) is 11.7 Å². The molecule has 3 fully saturated rings. The Bertz CT molecular complexity index is 603. The number of amides is 1. The van der Waals surface area contributed by atoms with Gasteiger partial charge in [0.15, 0.2) is 0 Å². The van der Waals surface area contributed by atoms with Crippen LogP contribution in [0.25, 0.3) is 0 Å². The number of benzene rings is 1. The largest absolute Gasteiger partial charge is 0.493 e. The maximum Gasteiger partial charge on any atom is 0.410 e. The molecule has 26 heavy (non-hydrogen) atoms. The van der Waals surface area contributed by atoms with Gasteiger partial charge in [-0.2, -0.15) is 0 Å². The molecule has 0 radical (unpaired) electrons.